The van der Waals surface area contributed by atoms with Gasteiger partial charge in [0.2, 0.25) is 0 Å². The first-order chi connectivity index (χ1) is 12.0. The van der Waals surface area contributed by atoms with Crippen LogP contribution in [0.3, 0.4) is 0 Å². The number of hydrogen-bond acceptors (Lipinski definition) is 4. The van der Waals surface area contributed by atoms with Crippen LogP contribution in [0.1, 0.15) is 36.0 Å². The molecule has 1 saturated heterocycles. The third-order valence-corrected chi connectivity index (χ3v) is 4.69. The van der Waals surface area contributed by atoms with Crippen molar-refractivity contribution in [3.63, 3.8) is 0 Å². The van der Waals surface area contributed by atoms with Crippen molar-refractivity contribution in [2.24, 2.45) is 0 Å². The second-order valence-corrected chi connectivity index (χ2v) is 6.28. The van der Waals surface area contributed by atoms with Crippen LogP contribution in [0, 0.1) is 5.82 Å². The van der Waals surface area contributed by atoms with Gasteiger partial charge >= 0.3 is 0 Å². The fraction of sp³-hybridized carbons (Fsp3) is 0.316. The first-order valence-corrected chi connectivity index (χ1v) is 8.20. The Morgan fingerprint density at radius 2 is 1.72 bits per heavy atom. The van der Waals surface area contributed by atoms with E-state index >= 15 is 0 Å². The molecule has 1 aliphatic rings. The maximum absolute atomic E-state index is 13.6. The van der Waals surface area contributed by atoms with Crippen LogP contribution in [0.2, 0.25) is 0 Å². The molecule has 25 heavy (non-hydrogen) atoms. The quantitative estimate of drug-likeness (QED) is 0.799. The molecule has 3 N–H and O–H groups in total. The lowest BCUT2D eigenvalue weighted by Gasteiger charge is -2.33. The van der Waals surface area contributed by atoms with Gasteiger partial charge in [-0.3, -0.25) is 4.79 Å². The van der Waals surface area contributed by atoms with Crippen molar-refractivity contribution in [1.29, 1.82) is 0 Å². The molecule has 6 heteroatoms. The summed E-state index contributed by atoms with van der Waals surface area (Å²) >= 11 is 0. The predicted molar refractivity (Wildman–Crippen MR) is 89.7 cm³/mol. The Hall–Kier alpha value is -2.60. The molecule has 132 valence electrons. The third-order valence-electron chi connectivity index (χ3n) is 4.69. The van der Waals surface area contributed by atoms with Crippen molar-refractivity contribution in [3.05, 3.63) is 59.4 Å². The summed E-state index contributed by atoms with van der Waals surface area (Å²) < 4.78 is 13.6. The molecule has 1 fully saturated rings. The van der Waals surface area contributed by atoms with Gasteiger partial charge < -0.3 is 20.2 Å². The standard InChI is InChI=1S/C19H20FNO4/c20-15-10-14(16(22)11-17(15)23)12-6-8-21(9-7-12)19(25)18(24)13-4-2-1-3-5-13/h1-5,10-12,18,22-24H,6-9H2/t18-/m1/s1. The van der Waals surface area contributed by atoms with Gasteiger partial charge in [0.1, 0.15) is 5.75 Å². The van der Waals surface area contributed by atoms with E-state index in [1.807, 2.05) is 6.07 Å². The summed E-state index contributed by atoms with van der Waals surface area (Å²) in [5.41, 5.74) is 0.985. The molecule has 1 heterocycles. The number of phenols is 2. The van der Waals surface area contributed by atoms with Crippen molar-refractivity contribution in [1.82, 2.24) is 4.90 Å². The summed E-state index contributed by atoms with van der Waals surface area (Å²) in [6, 6.07) is 10.9. The van der Waals surface area contributed by atoms with Crippen LogP contribution in [-0.4, -0.2) is 39.2 Å². The average molecular weight is 345 g/mol. The molecule has 1 atom stereocenters. The molecule has 5 nitrogen and oxygen atoms in total. The molecule has 0 bridgehead atoms. The average Bonchev–Trinajstić information content (AvgIpc) is 2.64. The number of nitrogens with zero attached hydrogens (tertiary/aromatic N) is 1. The number of halogens is 1. The van der Waals surface area contributed by atoms with E-state index in [9.17, 15) is 24.5 Å². The van der Waals surface area contributed by atoms with Crippen LogP contribution in [-0.2, 0) is 4.79 Å². The highest BCUT2D eigenvalue weighted by Crippen LogP contribution is 2.37. The molecule has 0 spiro atoms. The number of aliphatic hydroxyl groups excluding tert-OH is 1. The van der Waals surface area contributed by atoms with Crippen LogP contribution in [0.15, 0.2) is 42.5 Å². The van der Waals surface area contributed by atoms with E-state index < -0.39 is 17.7 Å². The van der Waals surface area contributed by atoms with Crippen LogP contribution >= 0.6 is 0 Å². The molecule has 0 unspecified atom stereocenters. The number of carbonyl (C=O) groups excluding carboxylic acids is 1. The van der Waals surface area contributed by atoms with E-state index in [0.717, 1.165) is 12.1 Å². The van der Waals surface area contributed by atoms with Crippen molar-refractivity contribution >= 4 is 5.91 Å². The number of phenolic OH excluding ortho intramolecular Hbond substituents is 2. The van der Waals surface area contributed by atoms with Crippen molar-refractivity contribution in [3.8, 4) is 11.5 Å². The maximum Gasteiger partial charge on any atom is 0.256 e. The Balaban J connectivity index is 1.66. The first kappa shape index (κ1) is 17.2. The Morgan fingerprint density at radius 1 is 1.08 bits per heavy atom. The van der Waals surface area contributed by atoms with Crippen LogP contribution in [0.5, 0.6) is 11.5 Å². The number of carbonyl (C=O) groups is 1. The number of amides is 1. The lowest BCUT2D eigenvalue weighted by molar-refractivity contribution is -0.141. The van der Waals surface area contributed by atoms with Crippen LogP contribution < -0.4 is 0 Å². The van der Waals surface area contributed by atoms with Crippen LogP contribution in [0.4, 0.5) is 4.39 Å². The molecule has 0 radical (unpaired) electrons. The van der Waals surface area contributed by atoms with Gasteiger partial charge in [0, 0.05) is 24.7 Å². The van der Waals surface area contributed by atoms with Gasteiger partial charge in [-0.2, -0.15) is 0 Å². The van der Waals surface area contributed by atoms with Gasteiger partial charge in [-0.05, 0) is 30.4 Å². The summed E-state index contributed by atoms with van der Waals surface area (Å²) in [5, 5.41) is 29.5. The van der Waals surface area contributed by atoms with E-state index in [-0.39, 0.29) is 17.6 Å². The number of benzene rings is 2. The molecule has 2 aromatic carbocycles. The Labute approximate surface area is 145 Å². The minimum atomic E-state index is -1.20. The van der Waals surface area contributed by atoms with Gasteiger partial charge in [-0.15, -0.1) is 0 Å². The zero-order chi connectivity index (χ0) is 18.0. The summed E-state index contributed by atoms with van der Waals surface area (Å²) in [6.45, 7) is 0.824. The SMILES string of the molecule is O=C([C@H](O)c1ccccc1)N1CCC(c2cc(F)c(O)cc2O)CC1. The molecule has 0 saturated carbocycles. The first-order valence-electron chi connectivity index (χ1n) is 8.20. The predicted octanol–water partition coefficient (Wildman–Crippen LogP) is 2.68. The molecule has 1 amide bonds. The number of hydrogen-bond donors (Lipinski definition) is 3. The largest absolute Gasteiger partial charge is 0.508 e. The van der Waals surface area contributed by atoms with E-state index in [1.165, 1.54) is 0 Å². The van der Waals surface area contributed by atoms with Gasteiger partial charge in [0.25, 0.3) is 5.91 Å². The Morgan fingerprint density at radius 3 is 2.36 bits per heavy atom. The molecule has 1 aliphatic heterocycles. The van der Waals surface area contributed by atoms with Gasteiger partial charge in [-0.25, -0.2) is 4.39 Å². The zero-order valence-corrected chi connectivity index (χ0v) is 13.6. The molecule has 3 rings (SSSR count). The summed E-state index contributed by atoms with van der Waals surface area (Å²) in [5.74, 6) is -1.96. The highest BCUT2D eigenvalue weighted by molar-refractivity contribution is 5.82. The number of likely N-dealkylation sites (tertiary alicyclic amines) is 1. The van der Waals surface area contributed by atoms with Gasteiger partial charge in [0.15, 0.2) is 17.7 Å². The third kappa shape index (κ3) is 3.58. The van der Waals surface area contributed by atoms with Crippen molar-refractivity contribution < 1.29 is 24.5 Å². The smallest absolute Gasteiger partial charge is 0.256 e. The van der Waals surface area contributed by atoms with Gasteiger partial charge in [0.05, 0.1) is 0 Å². The lowest BCUT2D eigenvalue weighted by atomic mass is 9.88. The Kier molecular flexibility index (Phi) is 4.90. The summed E-state index contributed by atoms with van der Waals surface area (Å²) in [4.78, 5) is 14.0. The van der Waals surface area contributed by atoms with Crippen LogP contribution in [0.25, 0.3) is 0 Å². The van der Waals surface area contributed by atoms with Crippen molar-refractivity contribution in [2.75, 3.05) is 13.1 Å². The fourth-order valence-electron chi connectivity index (χ4n) is 3.25. The van der Waals surface area contributed by atoms with E-state index in [0.29, 0.717) is 37.1 Å². The molecule has 0 aromatic heterocycles. The van der Waals surface area contributed by atoms with E-state index in [2.05, 4.69) is 0 Å². The molecule has 0 aliphatic carbocycles. The highest BCUT2D eigenvalue weighted by Gasteiger charge is 2.29. The second kappa shape index (κ2) is 7.11. The number of rotatable bonds is 3. The molecule has 2 aromatic rings. The maximum atomic E-state index is 13.6. The monoisotopic (exact) mass is 345 g/mol. The summed E-state index contributed by atoms with van der Waals surface area (Å²) in [6.07, 6.45) is -0.104. The second-order valence-electron chi connectivity index (χ2n) is 6.28. The number of piperidine rings is 1. The zero-order valence-electron chi connectivity index (χ0n) is 13.6. The van der Waals surface area contributed by atoms with Gasteiger partial charge in [-0.1, -0.05) is 30.3 Å². The lowest BCUT2D eigenvalue weighted by Crippen LogP contribution is -2.40. The fourth-order valence-corrected chi connectivity index (χ4v) is 3.25. The van der Waals surface area contributed by atoms with Crippen molar-refractivity contribution in [2.45, 2.75) is 24.9 Å². The van der Waals surface area contributed by atoms with E-state index in [4.69, 9.17) is 0 Å². The molecular formula is C19H20FNO4. The number of aliphatic hydroxyl groups is 1. The minimum Gasteiger partial charge on any atom is -0.508 e. The molecular weight excluding hydrogens is 325 g/mol. The highest BCUT2D eigenvalue weighted by atomic mass is 19.1. The summed E-state index contributed by atoms with van der Waals surface area (Å²) in [7, 11) is 0. The Bertz CT molecular complexity index is 758. The normalized spacial score (nSPS) is 16.6. The topological polar surface area (TPSA) is 81.0 Å². The minimum absolute atomic E-state index is 0.104. The van der Waals surface area contributed by atoms with E-state index in [1.54, 1.807) is 29.2 Å². The number of aromatic hydroxyl groups is 2.